The summed E-state index contributed by atoms with van der Waals surface area (Å²) in [5.41, 5.74) is 7.04. The molecule has 2 aliphatic rings. The van der Waals surface area contributed by atoms with Crippen molar-refractivity contribution in [3.63, 3.8) is 0 Å². The highest BCUT2D eigenvalue weighted by Gasteiger charge is 2.24. The van der Waals surface area contributed by atoms with E-state index in [1.807, 2.05) is 36.4 Å². The average molecular weight is 1110 g/mol. The zero-order valence-corrected chi connectivity index (χ0v) is 56.2. The number of ether oxygens (including phenoxy) is 2. The number of para-hydroxylation sites is 1. The van der Waals surface area contributed by atoms with Gasteiger partial charge < -0.3 is 19.7 Å². The van der Waals surface area contributed by atoms with E-state index in [0.717, 1.165) is 29.7 Å². The minimum Gasteiger partial charge on any atom is -0.478 e. The lowest BCUT2D eigenvalue weighted by molar-refractivity contribution is -0.132. The highest BCUT2D eigenvalue weighted by Crippen LogP contribution is 2.36. The van der Waals surface area contributed by atoms with Gasteiger partial charge in [-0.15, -0.1) is 0 Å². The monoisotopic (exact) mass is 1110 g/mol. The SMILES string of the molecule is CC(C)(C)/C=C/C(C)(C)C.CC(C)(C)/C=C\C(C)(C)C.CC(C)(C)C#CC(C)(C)C.CC(C)(C)C1=C(OC=O)C=CC1.CC(C)(C)C1=CC(C(=O)O)=CC1.CC(C)(C)c1cccc(C(=O)O)c1.CC(C)(C)c1ccccc1OC=O. The summed E-state index contributed by atoms with van der Waals surface area (Å²) in [5.74, 6) is 6.09. The fourth-order valence-corrected chi connectivity index (χ4v) is 6.25. The molecule has 0 fully saturated rings. The van der Waals surface area contributed by atoms with Gasteiger partial charge in [0.15, 0.2) is 0 Å². The second-order valence-electron chi connectivity index (χ2n) is 31.0. The molecular formula is C72H114O8. The number of rotatable bonds is 6. The van der Waals surface area contributed by atoms with E-state index < -0.39 is 11.9 Å². The lowest BCUT2D eigenvalue weighted by Gasteiger charge is -2.21. The molecule has 0 radical (unpaired) electrons. The first-order chi connectivity index (χ1) is 35.5. The lowest BCUT2D eigenvalue weighted by Crippen LogP contribution is -2.12. The summed E-state index contributed by atoms with van der Waals surface area (Å²) in [6.45, 7) is 65.4. The molecule has 0 amide bonds. The molecule has 0 saturated heterocycles. The van der Waals surface area contributed by atoms with Crippen LogP contribution in [0.5, 0.6) is 5.75 Å². The molecule has 450 valence electrons. The van der Waals surface area contributed by atoms with Crippen LogP contribution in [0, 0.1) is 55.2 Å². The second-order valence-corrected chi connectivity index (χ2v) is 31.0. The molecule has 0 saturated carbocycles. The van der Waals surface area contributed by atoms with Crippen LogP contribution < -0.4 is 4.74 Å². The zero-order chi connectivity index (χ0) is 63.7. The normalized spacial score (nSPS) is 13.9. The van der Waals surface area contributed by atoms with Crippen molar-refractivity contribution in [3.8, 4) is 17.6 Å². The van der Waals surface area contributed by atoms with Crippen LogP contribution in [0.3, 0.4) is 0 Å². The summed E-state index contributed by atoms with van der Waals surface area (Å²) in [5, 5.41) is 17.5. The third-order valence-corrected chi connectivity index (χ3v) is 10.9. The van der Waals surface area contributed by atoms with Gasteiger partial charge >= 0.3 is 11.9 Å². The third-order valence-electron chi connectivity index (χ3n) is 10.9. The fourth-order valence-electron chi connectivity index (χ4n) is 6.25. The summed E-state index contributed by atoms with van der Waals surface area (Å²) >= 11 is 0. The summed E-state index contributed by atoms with van der Waals surface area (Å²) in [4.78, 5) is 41.6. The quantitative estimate of drug-likeness (QED) is 0.166. The molecule has 2 N–H and O–H groups in total. The Morgan fingerprint density at radius 2 is 0.912 bits per heavy atom. The van der Waals surface area contributed by atoms with Gasteiger partial charge in [0.05, 0.1) is 11.1 Å². The Labute approximate surface area is 490 Å². The highest BCUT2D eigenvalue weighted by molar-refractivity contribution is 5.91. The molecule has 0 atom stereocenters. The van der Waals surface area contributed by atoms with E-state index in [1.165, 1.54) is 11.1 Å². The number of hydrogen-bond acceptors (Lipinski definition) is 6. The third kappa shape index (κ3) is 42.2. The van der Waals surface area contributed by atoms with Crippen LogP contribution in [0.2, 0.25) is 0 Å². The summed E-state index contributed by atoms with van der Waals surface area (Å²) < 4.78 is 9.74. The van der Waals surface area contributed by atoms with Crippen molar-refractivity contribution in [2.45, 2.75) is 231 Å². The van der Waals surface area contributed by atoms with Crippen molar-refractivity contribution in [2.75, 3.05) is 0 Å². The Bertz CT molecular complexity index is 2400. The number of aromatic carboxylic acids is 1. The average Bonchev–Trinajstić information content (AvgIpc) is 3.97. The van der Waals surface area contributed by atoms with Gasteiger partial charge in [0, 0.05) is 16.4 Å². The van der Waals surface area contributed by atoms with Gasteiger partial charge in [-0.1, -0.05) is 250 Å². The molecule has 0 aromatic heterocycles. The maximum atomic E-state index is 10.7. The van der Waals surface area contributed by atoms with Crippen molar-refractivity contribution in [2.24, 2.45) is 43.3 Å². The van der Waals surface area contributed by atoms with Crippen molar-refractivity contribution in [3.05, 3.63) is 136 Å². The van der Waals surface area contributed by atoms with Crippen LogP contribution in [0.25, 0.3) is 0 Å². The smallest absolute Gasteiger partial charge is 0.335 e. The van der Waals surface area contributed by atoms with Crippen LogP contribution in [-0.2, 0) is 30.0 Å². The Kier molecular flexibility index (Phi) is 32.1. The first-order valence-electron chi connectivity index (χ1n) is 28.2. The van der Waals surface area contributed by atoms with Gasteiger partial charge in [0.1, 0.15) is 11.5 Å². The minimum atomic E-state index is -0.869. The maximum Gasteiger partial charge on any atom is 0.335 e. The number of carboxylic acids is 2. The number of carbonyl (C=O) groups excluding carboxylic acids is 2. The molecule has 0 unspecified atom stereocenters. The van der Waals surface area contributed by atoms with Crippen LogP contribution in [0.4, 0.5) is 0 Å². The van der Waals surface area contributed by atoms with Gasteiger partial charge in [0.2, 0.25) is 0 Å². The Hall–Kier alpha value is -5.68. The van der Waals surface area contributed by atoms with Crippen molar-refractivity contribution in [1.82, 2.24) is 0 Å². The van der Waals surface area contributed by atoms with Crippen molar-refractivity contribution in [1.29, 1.82) is 0 Å². The van der Waals surface area contributed by atoms with E-state index in [9.17, 15) is 19.2 Å². The number of benzene rings is 2. The molecule has 2 aliphatic carbocycles. The molecule has 0 spiro atoms. The lowest BCUT2D eigenvalue weighted by atomic mass is 9.85. The molecule has 8 nitrogen and oxygen atoms in total. The Balaban J connectivity index is -0.000000868. The maximum absolute atomic E-state index is 10.7. The van der Waals surface area contributed by atoms with E-state index in [4.69, 9.17) is 19.7 Å². The van der Waals surface area contributed by atoms with Crippen LogP contribution >= 0.6 is 0 Å². The van der Waals surface area contributed by atoms with E-state index in [0.29, 0.717) is 51.5 Å². The van der Waals surface area contributed by atoms with E-state index in [1.54, 1.807) is 36.4 Å². The highest BCUT2D eigenvalue weighted by atomic mass is 16.5. The number of allylic oxidation sites excluding steroid dienone is 9. The molecule has 2 aromatic rings. The zero-order valence-electron chi connectivity index (χ0n) is 56.2. The summed E-state index contributed by atoms with van der Waals surface area (Å²) in [6, 6.07) is 14.6. The second kappa shape index (κ2) is 32.7. The summed E-state index contributed by atoms with van der Waals surface area (Å²) in [7, 11) is 0. The van der Waals surface area contributed by atoms with Crippen LogP contribution in [0.1, 0.15) is 242 Å². The predicted molar refractivity (Wildman–Crippen MR) is 342 cm³/mol. The van der Waals surface area contributed by atoms with Crippen LogP contribution in [0.15, 0.2) is 120 Å². The van der Waals surface area contributed by atoms with Gasteiger partial charge in [-0.2, -0.15) is 0 Å². The topological polar surface area (TPSA) is 127 Å². The molecule has 0 aliphatic heterocycles. The Morgan fingerprint density at radius 1 is 0.487 bits per heavy atom. The van der Waals surface area contributed by atoms with Gasteiger partial charge in [0.25, 0.3) is 12.9 Å². The Morgan fingerprint density at radius 3 is 1.21 bits per heavy atom. The molecule has 8 heteroatoms. The van der Waals surface area contributed by atoms with Crippen molar-refractivity contribution >= 4 is 24.9 Å². The molecular weight excluding hydrogens is 993 g/mol. The molecule has 2 aromatic carbocycles. The fraction of sp³-hybridized carbons (Fsp3) is 0.583. The largest absolute Gasteiger partial charge is 0.478 e. The summed E-state index contributed by atoms with van der Waals surface area (Å²) in [6.07, 6.45) is 18.2. The van der Waals surface area contributed by atoms with Crippen molar-refractivity contribution < 1.29 is 38.9 Å². The van der Waals surface area contributed by atoms with Gasteiger partial charge in [-0.05, 0) is 139 Å². The molecule has 80 heavy (non-hydrogen) atoms. The first kappa shape index (κ1) is 78.5. The van der Waals surface area contributed by atoms with Crippen LogP contribution in [-0.4, -0.2) is 35.1 Å². The van der Waals surface area contributed by atoms with Gasteiger partial charge in [-0.25, -0.2) is 9.59 Å². The molecule has 0 bridgehead atoms. The standard InChI is InChI=1S/2C11H14O2.2C10H14O2.2C10H20.C10H18/c1-11(2,3)9-6-4-5-8(7-9)10(12)13;1-11(2,3)9-6-4-5-7-10(9)13-8-12;1-10(2,3)8-5-4-7(6-8)9(11)12;1-10(2,3)8-5-4-6-9(8)12-7-11;3*1-9(2,3)7-8-10(4,5)6/h4-7H,1-3H3,(H,12,13);4-8H,1-3H3;4,6H,5H2,1-3H3,(H,11,12);4,6-7H,5H2,1-3H3;2*7-8H,1-6H3;1-6H3/b;;;;8-7+;8-7-;. The number of carboxylic acid groups (broad SMARTS) is 2. The number of hydrogen-bond donors (Lipinski definition) is 2. The van der Waals surface area contributed by atoms with Gasteiger partial charge in [-0.3, -0.25) is 9.59 Å². The molecule has 4 rings (SSSR count). The molecule has 0 heterocycles. The minimum absolute atomic E-state index is 0.000394. The number of carbonyl (C=O) groups is 4. The van der Waals surface area contributed by atoms with E-state index in [2.05, 4.69) is 244 Å². The van der Waals surface area contributed by atoms with E-state index >= 15 is 0 Å². The van der Waals surface area contributed by atoms with E-state index in [-0.39, 0.29) is 32.5 Å². The number of aliphatic carboxylic acids is 1. The first-order valence-corrected chi connectivity index (χ1v) is 28.2. The predicted octanol–water partition coefficient (Wildman–Crippen LogP) is 20.3.